The molecule has 138 valence electrons. The van der Waals surface area contributed by atoms with Crippen molar-refractivity contribution < 1.29 is 18.0 Å². The lowest BCUT2D eigenvalue weighted by molar-refractivity contribution is -0.137. The van der Waals surface area contributed by atoms with E-state index in [0.717, 1.165) is 11.6 Å². The first-order chi connectivity index (χ1) is 12.4. The Morgan fingerprint density at radius 3 is 2.50 bits per heavy atom. The third kappa shape index (κ3) is 4.53. The zero-order valence-corrected chi connectivity index (χ0v) is 14.2. The second kappa shape index (κ2) is 7.76. The van der Waals surface area contributed by atoms with Crippen LogP contribution in [-0.2, 0) is 17.4 Å². The number of amides is 1. The maximum absolute atomic E-state index is 12.9. The Morgan fingerprint density at radius 2 is 1.85 bits per heavy atom. The molecule has 0 aliphatic carbocycles. The number of alkyl halides is 3. The fraction of sp³-hybridized carbons (Fsp3) is 0.368. The number of piperazine rings is 1. The molecule has 1 saturated heterocycles. The molecule has 1 fully saturated rings. The summed E-state index contributed by atoms with van der Waals surface area (Å²) in [7, 11) is 0. The van der Waals surface area contributed by atoms with E-state index < -0.39 is 11.7 Å². The van der Waals surface area contributed by atoms with Gasteiger partial charge in [-0.05, 0) is 36.2 Å². The molecule has 1 aromatic heterocycles. The van der Waals surface area contributed by atoms with Crippen molar-refractivity contribution in [3.05, 3.63) is 59.9 Å². The molecule has 1 aliphatic heterocycles. The van der Waals surface area contributed by atoms with Crippen LogP contribution >= 0.6 is 0 Å². The Labute approximate surface area is 150 Å². The van der Waals surface area contributed by atoms with Crippen LogP contribution in [0.5, 0.6) is 0 Å². The smallest absolute Gasteiger partial charge is 0.368 e. The van der Waals surface area contributed by atoms with Crippen molar-refractivity contribution in [2.75, 3.05) is 31.1 Å². The fourth-order valence-corrected chi connectivity index (χ4v) is 3.05. The first-order valence-electron chi connectivity index (χ1n) is 8.52. The second-order valence-corrected chi connectivity index (χ2v) is 6.28. The maximum Gasteiger partial charge on any atom is 0.416 e. The van der Waals surface area contributed by atoms with E-state index in [4.69, 9.17) is 0 Å². The van der Waals surface area contributed by atoms with Crippen LogP contribution in [0.3, 0.4) is 0 Å². The summed E-state index contributed by atoms with van der Waals surface area (Å²) in [6.45, 7) is 2.09. The molecule has 2 heterocycles. The molecule has 0 N–H and O–H groups in total. The van der Waals surface area contributed by atoms with E-state index in [1.165, 1.54) is 12.1 Å². The molecular formula is C19H20F3N3O. The van der Waals surface area contributed by atoms with Gasteiger partial charge in [-0.15, -0.1) is 0 Å². The standard InChI is InChI=1S/C19H20F3N3O/c20-19(21,22)16-4-1-5-17(13-16)24-9-11-25(12-10-24)18(26)7-6-15-3-2-8-23-14-15/h1-5,8,13-14H,6-7,9-12H2. The number of aromatic nitrogens is 1. The zero-order valence-electron chi connectivity index (χ0n) is 14.2. The van der Waals surface area contributed by atoms with Gasteiger partial charge < -0.3 is 9.80 Å². The second-order valence-electron chi connectivity index (χ2n) is 6.28. The molecule has 0 bridgehead atoms. The van der Waals surface area contributed by atoms with Crippen molar-refractivity contribution in [2.45, 2.75) is 19.0 Å². The lowest BCUT2D eigenvalue weighted by atomic mass is 10.1. The van der Waals surface area contributed by atoms with Crippen molar-refractivity contribution in [1.82, 2.24) is 9.88 Å². The number of pyridine rings is 1. The molecule has 1 aromatic carbocycles. The van der Waals surface area contributed by atoms with Crippen LogP contribution in [0.2, 0.25) is 0 Å². The molecular weight excluding hydrogens is 343 g/mol. The van der Waals surface area contributed by atoms with Crippen LogP contribution in [-0.4, -0.2) is 42.0 Å². The summed E-state index contributed by atoms with van der Waals surface area (Å²) in [5, 5.41) is 0. The van der Waals surface area contributed by atoms with Crippen LogP contribution in [0.25, 0.3) is 0 Å². The van der Waals surface area contributed by atoms with E-state index >= 15 is 0 Å². The number of aryl methyl sites for hydroxylation is 1. The number of nitrogens with zero attached hydrogens (tertiary/aromatic N) is 3. The molecule has 0 spiro atoms. The first kappa shape index (κ1) is 18.2. The highest BCUT2D eigenvalue weighted by Gasteiger charge is 2.31. The molecule has 7 heteroatoms. The van der Waals surface area contributed by atoms with E-state index in [1.54, 1.807) is 23.4 Å². The first-order valence-corrected chi connectivity index (χ1v) is 8.52. The van der Waals surface area contributed by atoms with Gasteiger partial charge in [0.15, 0.2) is 0 Å². The predicted molar refractivity (Wildman–Crippen MR) is 92.8 cm³/mol. The van der Waals surface area contributed by atoms with Gasteiger partial charge in [-0.1, -0.05) is 12.1 Å². The van der Waals surface area contributed by atoms with E-state index in [2.05, 4.69) is 4.98 Å². The number of benzene rings is 1. The van der Waals surface area contributed by atoms with Crippen molar-refractivity contribution in [3.63, 3.8) is 0 Å². The zero-order chi connectivity index (χ0) is 18.6. The summed E-state index contributed by atoms with van der Waals surface area (Å²) in [5.41, 5.74) is 0.913. The topological polar surface area (TPSA) is 36.4 Å². The lowest BCUT2D eigenvalue weighted by Gasteiger charge is -2.36. The summed E-state index contributed by atoms with van der Waals surface area (Å²) in [4.78, 5) is 20.0. The highest BCUT2D eigenvalue weighted by atomic mass is 19.4. The Kier molecular flexibility index (Phi) is 5.44. The number of carbonyl (C=O) groups is 1. The largest absolute Gasteiger partial charge is 0.416 e. The summed E-state index contributed by atoms with van der Waals surface area (Å²) in [5.74, 6) is 0.0672. The van der Waals surface area contributed by atoms with Crippen molar-refractivity contribution in [1.29, 1.82) is 0 Å². The van der Waals surface area contributed by atoms with Gasteiger partial charge in [-0.25, -0.2) is 0 Å². The van der Waals surface area contributed by atoms with E-state index in [1.807, 2.05) is 17.0 Å². The summed E-state index contributed by atoms with van der Waals surface area (Å²) in [6, 6.07) is 9.11. The Morgan fingerprint density at radius 1 is 1.08 bits per heavy atom. The van der Waals surface area contributed by atoms with E-state index in [0.29, 0.717) is 44.7 Å². The van der Waals surface area contributed by atoms with Crippen LogP contribution in [0.4, 0.5) is 18.9 Å². The Balaban J connectivity index is 1.53. The summed E-state index contributed by atoms with van der Waals surface area (Å²) >= 11 is 0. The molecule has 3 rings (SSSR count). The Hall–Kier alpha value is -2.57. The highest BCUT2D eigenvalue weighted by molar-refractivity contribution is 5.76. The number of carbonyl (C=O) groups excluding carboxylic acids is 1. The van der Waals surface area contributed by atoms with Crippen molar-refractivity contribution >= 4 is 11.6 Å². The van der Waals surface area contributed by atoms with Crippen LogP contribution in [0.15, 0.2) is 48.8 Å². The number of hydrogen-bond acceptors (Lipinski definition) is 3. The van der Waals surface area contributed by atoms with Gasteiger partial charge in [-0.3, -0.25) is 9.78 Å². The maximum atomic E-state index is 12.9. The Bertz CT molecular complexity index is 741. The fourth-order valence-electron chi connectivity index (χ4n) is 3.05. The molecule has 1 amide bonds. The van der Waals surface area contributed by atoms with Gasteiger partial charge in [0.1, 0.15) is 0 Å². The summed E-state index contributed by atoms with van der Waals surface area (Å²) < 4.78 is 38.6. The highest BCUT2D eigenvalue weighted by Crippen LogP contribution is 2.31. The number of anilines is 1. The average Bonchev–Trinajstić information content (AvgIpc) is 2.66. The quantitative estimate of drug-likeness (QED) is 0.836. The molecule has 0 atom stereocenters. The van der Waals surface area contributed by atoms with Gasteiger partial charge >= 0.3 is 6.18 Å². The number of rotatable bonds is 4. The van der Waals surface area contributed by atoms with Crippen molar-refractivity contribution in [3.8, 4) is 0 Å². The number of hydrogen-bond donors (Lipinski definition) is 0. The molecule has 0 unspecified atom stereocenters. The van der Waals surface area contributed by atoms with Gasteiger partial charge in [-0.2, -0.15) is 13.2 Å². The van der Waals surface area contributed by atoms with E-state index in [-0.39, 0.29) is 5.91 Å². The van der Waals surface area contributed by atoms with Crippen LogP contribution in [0, 0.1) is 0 Å². The molecule has 0 radical (unpaired) electrons. The van der Waals surface area contributed by atoms with Crippen molar-refractivity contribution in [2.24, 2.45) is 0 Å². The molecule has 1 aliphatic rings. The number of halogens is 3. The third-order valence-corrected chi connectivity index (χ3v) is 4.52. The molecule has 2 aromatic rings. The molecule has 4 nitrogen and oxygen atoms in total. The molecule has 0 saturated carbocycles. The van der Waals surface area contributed by atoms with Gasteiger partial charge in [0, 0.05) is 50.7 Å². The van der Waals surface area contributed by atoms with Crippen LogP contribution < -0.4 is 4.90 Å². The SMILES string of the molecule is O=C(CCc1cccnc1)N1CCN(c2cccc(C(F)(F)F)c2)CC1. The van der Waals surface area contributed by atoms with Gasteiger partial charge in [0.25, 0.3) is 0 Å². The monoisotopic (exact) mass is 363 g/mol. The van der Waals surface area contributed by atoms with Crippen LogP contribution in [0.1, 0.15) is 17.5 Å². The lowest BCUT2D eigenvalue weighted by Crippen LogP contribution is -2.48. The van der Waals surface area contributed by atoms with Gasteiger partial charge in [0.05, 0.1) is 5.56 Å². The molecule has 26 heavy (non-hydrogen) atoms. The average molecular weight is 363 g/mol. The minimum Gasteiger partial charge on any atom is -0.368 e. The van der Waals surface area contributed by atoms with E-state index in [9.17, 15) is 18.0 Å². The normalized spacial score (nSPS) is 15.2. The van der Waals surface area contributed by atoms with Gasteiger partial charge in [0.2, 0.25) is 5.91 Å². The third-order valence-electron chi connectivity index (χ3n) is 4.52. The predicted octanol–water partition coefficient (Wildman–Crippen LogP) is 3.38. The minimum absolute atomic E-state index is 0.0672. The summed E-state index contributed by atoms with van der Waals surface area (Å²) in [6.07, 6.45) is 0.146. The minimum atomic E-state index is -4.35.